The molecule has 0 aliphatic heterocycles. The fourth-order valence-corrected chi connectivity index (χ4v) is 8.92. The molecule has 4 aliphatic rings. The fraction of sp³-hybridized carbons (Fsp3) is 0.741. The van der Waals surface area contributed by atoms with Crippen LogP contribution in [0.3, 0.4) is 0 Å². The Morgan fingerprint density at radius 1 is 1.31 bits per heavy atom. The third-order valence-electron chi connectivity index (χ3n) is 10.2. The first kappa shape index (κ1) is 25.8. The third kappa shape index (κ3) is 2.94. The number of aliphatic hydroxyl groups is 1. The number of aryl methyl sites for hydroxylation is 1. The molecular weight excluding hydrogens is 490 g/mol. The summed E-state index contributed by atoms with van der Waals surface area (Å²) in [6.07, 6.45) is 1.03. The zero-order valence-electron chi connectivity index (χ0n) is 21.5. The van der Waals surface area contributed by atoms with Crippen LogP contribution in [0.4, 0.5) is 8.78 Å². The Balaban J connectivity index is 1.65. The number of hydrogen-bond acceptors (Lipinski definition) is 5. The van der Waals surface area contributed by atoms with Crippen molar-refractivity contribution in [2.75, 3.05) is 5.88 Å². The molecule has 4 aliphatic carbocycles. The highest BCUT2D eigenvalue weighted by molar-refractivity contribution is 6.29. The topological polar surface area (TPSA) is 81.4 Å². The van der Waals surface area contributed by atoms with Crippen molar-refractivity contribution in [3.8, 4) is 0 Å². The number of carbonyl (C=O) groups excluding carboxylic acids is 2. The molecule has 0 radical (unpaired) electrons. The largest absolute Gasteiger partial charge is 0.450 e. The molecule has 3 saturated carbocycles. The first-order valence-electron chi connectivity index (χ1n) is 12.9. The Morgan fingerprint density at radius 2 is 2.00 bits per heavy atom. The molecule has 9 atom stereocenters. The Hall–Kier alpha value is -1.80. The van der Waals surface area contributed by atoms with Gasteiger partial charge in [0.15, 0.2) is 11.4 Å². The van der Waals surface area contributed by atoms with E-state index in [4.69, 9.17) is 16.3 Å². The second kappa shape index (κ2) is 8.10. The van der Waals surface area contributed by atoms with Gasteiger partial charge in [0.1, 0.15) is 11.8 Å². The molecule has 0 aromatic carbocycles. The van der Waals surface area contributed by atoms with E-state index >= 15 is 8.78 Å². The third-order valence-corrected chi connectivity index (χ3v) is 10.5. The average Bonchev–Trinajstić information content (AvgIpc) is 3.28. The van der Waals surface area contributed by atoms with Crippen molar-refractivity contribution in [1.82, 2.24) is 9.78 Å². The lowest BCUT2D eigenvalue weighted by atomic mass is 9.43. The Morgan fingerprint density at radius 3 is 2.64 bits per heavy atom. The van der Waals surface area contributed by atoms with Crippen LogP contribution in [-0.4, -0.2) is 56.1 Å². The summed E-state index contributed by atoms with van der Waals surface area (Å²) in [6.45, 7) is 6.96. The van der Waals surface area contributed by atoms with Crippen molar-refractivity contribution < 1.29 is 28.2 Å². The molecule has 0 bridgehead atoms. The van der Waals surface area contributed by atoms with Crippen LogP contribution in [0.1, 0.15) is 64.6 Å². The van der Waals surface area contributed by atoms with Crippen LogP contribution in [0.15, 0.2) is 11.8 Å². The van der Waals surface area contributed by atoms with E-state index < -0.39 is 63.9 Å². The summed E-state index contributed by atoms with van der Waals surface area (Å²) in [5.74, 6) is -3.17. The van der Waals surface area contributed by atoms with Crippen LogP contribution in [0.5, 0.6) is 0 Å². The molecule has 9 heteroatoms. The molecule has 0 unspecified atom stereocenters. The zero-order valence-corrected chi connectivity index (χ0v) is 22.2. The van der Waals surface area contributed by atoms with Gasteiger partial charge in [0.05, 0.1) is 17.7 Å². The smallest absolute Gasteiger partial charge is 0.306 e. The number of alkyl halides is 3. The predicted octanol–water partition coefficient (Wildman–Crippen LogP) is 4.36. The second-order valence-electron chi connectivity index (χ2n) is 11.9. The molecule has 36 heavy (non-hydrogen) atoms. The summed E-state index contributed by atoms with van der Waals surface area (Å²) in [5.41, 5.74) is -4.31. The number of halogens is 3. The van der Waals surface area contributed by atoms with E-state index in [9.17, 15) is 14.7 Å². The molecule has 198 valence electrons. The molecule has 0 saturated heterocycles. The maximum Gasteiger partial charge on any atom is 0.306 e. The first-order valence-corrected chi connectivity index (χ1v) is 13.4. The van der Waals surface area contributed by atoms with Gasteiger partial charge in [-0.2, -0.15) is 5.10 Å². The van der Waals surface area contributed by atoms with E-state index in [1.807, 2.05) is 13.1 Å². The summed E-state index contributed by atoms with van der Waals surface area (Å²) < 4.78 is 41.2. The fourth-order valence-electron chi connectivity index (χ4n) is 8.72. The van der Waals surface area contributed by atoms with Crippen LogP contribution < -0.4 is 0 Å². The van der Waals surface area contributed by atoms with Gasteiger partial charge >= 0.3 is 5.97 Å². The minimum Gasteiger partial charge on any atom is -0.450 e. The zero-order chi connectivity index (χ0) is 26.4. The van der Waals surface area contributed by atoms with Crippen molar-refractivity contribution >= 4 is 29.4 Å². The summed E-state index contributed by atoms with van der Waals surface area (Å²) >= 11 is 6.04. The molecule has 1 aromatic heterocycles. The minimum absolute atomic E-state index is 0.0655. The highest BCUT2D eigenvalue weighted by Gasteiger charge is 2.78. The molecule has 0 amide bonds. The van der Waals surface area contributed by atoms with E-state index in [1.165, 1.54) is 0 Å². The number of ketones is 1. The van der Waals surface area contributed by atoms with E-state index in [0.717, 1.165) is 5.56 Å². The van der Waals surface area contributed by atoms with Crippen LogP contribution in [0.25, 0.3) is 6.08 Å². The van der Waals surface area contributed by atoms with Gasteiger partial charge in [-0.25, -0.2) is 8.78 Å². The van der Waals surface area contributed by atoms with Crippen molar-refractivity contribution in [2.45, 2.75) is 83.3 Å². The lowest BCUT2D eigenvalue weighted by molar-refractivity contribution is -0.236. The molecule has 0 spiro atoms. The Bertz CT molecular complexity index is 1150. The lowest BCUT2D eigenvalue weighted by Gasteiger charge is -2.64. The normalized spacial score (nSPS) is 45.1. The molecule has 3 fully saturated rings. The van der Waals surface area contributed by atoms with Crippen molar-refractivity contribution in [3.63, 3.8) is 0 Å². The van der Waals surface area contributed by atoms with Crippen LogP contribution >= 0.6 is 11.6 Å². The van der Waals surface area contributed by atoms with Crippen LogP contribution in [0.2, 0.25) is 0 Å². The number of fused-ring (bicyclic) bond motifs is 6. The summed E-state index contributed by atoms with van der Waals surface area (Å²) in [5, 5.41) is 16.1. The van der Waals surface area contributed by atoms with Crippen molar-refractivity contribution in [2.24, 2.45) is 35.6 Å². The van der Waals surface area contributed by atoms with Gasteiger partial charge in [-0.05, 0) is 48.8 Å². The highest BCUT2D eigenvalue weighted by atomic mass is 35.5. The van der Waals surface area contributed by atoms with Crippen molar-refractivity contribution in [3.05, 3.63) is 23.0 Å². The number of allylic oxidation sites excluding steroid dienone is 1. The van der Waals surface area contributed by atoms with Gasteiger partial charge in [0, 0.05) is 42.3 Å². The summed E-state index contributed by atoms with van der Waals surface area (Å²) in [7, 11) is 1.77. The maximum absolute atomic E-state index is 17.7. The first-order chi connectivity index (χ1) is 16.8. The monoisotopic (exact) mass is 524 g/mol. The quantitative estimate of drug-likeness (QED) is 0.467. The number of esters is 1. The Labute approximate surface area is 215 Å². The molecule has 1 heterocycles. The number of ether oxygens (including phenoxy) is 1. The molecule has 6 nitrogen and oxygen atoms in total. The number of rotatable bonds is 4. The minimum atomic E-state index is -2.13. The van der Waals surface area contributed by atoms with Gasteiger partial charge in [-0.15, -0.1) is 11.6 Å². The number of aliphatic hydroxyl groups excluding tert-OH is 1. The van der Waals surface area contributed by atoms with E-state index in [0.29, 0.717) is 17.7 Å². The predicted molar refractivity (Wildman–Crippen MR) is 131 cm³/mol. The van der Waals surface area contributed by atoms with Crippen LogP contribution in [0, 0.1) is 28.6 Å². The van der Waals surface area contributed by atoms with Gasteiger partial charge in [-0.3, -0.25) is 14.3 Å². The number of carbonyl (C=O) groups is 2. The van der Waals surface area contributed by atoms with Gasteiger partial charge in [-0.1, -0.05) is 27.7 Å². The molecular formula is C27H35ClF2N2O4. The van der Waals surface area contributed by atoms with E-state index in [2.05, 4.69) is 5.10 Å². The van der Waals surface area contributed by atoms with E-state index in [-0.39, 0.29) is 31.6 Å². The Kier molecular flexibility index (Phi) is 5.81. The number of aromatic nitrogens is 2. The van der Waals surface area contributed by atoms with E-state index in [1.54, 1.807) is 38.6 Å². The summed E-state index contributed by atoms with van der Waals surface area (Å²) in [4.78, 5) is 26.0. The number of Topliss-reactive ketones (excluding diaryl/α,β-unsaturated/α-hetero) is 1. The molecule has 1 N–H and O–H groups in total. The number of nitrogens with zero attached hydrogens (tertiary/aromatic N) is 2. The average molecular weight is 525 g/mol. The standard InChI is InChI=1S/C27H35ClF2N2O4/c1-6-23(35)36-27(22(34)12-28)14(2)7-16-17-8-19(29)18-9-20-15(13-32(5)31-20)10-24(18,3)26(17,30)21(33)11-25(16,27)4/h9,13-14,16-17,19,21,33H,6-8,10-12H2,1-5H3/t14-,16-,17-,19-,21-,24-,25-,26-,27+/m0/s1. The SMILES string of the molecule is CCC(=O)O[C@@]1(C(=O)CCl)[C@@H](C)C[C@H]2[C@@H]3C[C@H](F)C4=Cc5nn(C)cc5C[C@]4(C)[C@@]3(F)[C@@H](O)C[C@@]21C. The highest BCUT2D eigenvalue weighted by Crippen LogP contribution is 2.72. The second-order valence-corrected chi connectivity index (χ2v) is 12.2. The number of hydrogen-bond donors (Lipinski definition) is 1. The molecule has 5 rings (SSSR count). The van der Waals surface area contributed by atoms with Crippen molar-refractivity contribution in [1.29, 1.82) is 0 Å². The lowest BCUT2D eigenvalue weighted by Crippen LogP contribution is -2.71. The maximum atomic E-state index is 17.7. The van der Waals surface area contributed by atoms with Gasteiger partial charge in [0.25, 0.3) is 0 Å². The summed E-state index contributed by atoms with van der Waals surface area (Å²) in [6, 6.07) is 0. The molecule has 1 aromatic rings. The van der Waals surface area contributed by atoms with Crippen LogP contribution in [-0.2, 0) is 27.8 Å². The van der Waals surface area contributed by atoms with Gasteiger partial charge < -0.3 is 9.84 Å². The van der Waals surface area contributed by atoms with Gasteiger partial charge in [0.2, 0.25) is 0 Å².